The summed E-state index contributed by atoms with van der Waals surface area (Å²) in [5.74, 6) is 1.58. The van der Waals surface area contributed by atoms with Crippen LogP contribution < -0.4 is 9.80 Å². The van der Waals surface area contributed by atoms with Gasteiger partial charge in [-0.2, -0.15) is 4.98 Å². The molecular formula is C13H22N6O. The van der Waals surface area contributed by atoms with Crippen molar-refractivity contribution in [3.63, 3.8) is 0 Å². The van der Waals surface area contributed by atoms with E-state index in [1.54, 1.807) is 6.33 Å². The Morgan fingerprint density at radius 2 is 1.60 bits per heavy atom. The van der Waals surface area contributed by atoms with Gasteiger partial charge in [0.05, 0.1) is 13.2 Å². The van der Waals surface area contributed by atoms with E-state index in [-0.39, 0.29) is 0 Å². The Kier molecular flexibility index (Phi) is 4.27. The van der Waals surface area contributed by atoms with E-state index in [1.807, 2.05) is 0 Å². The number of hydrogen-bond donors (Lipinski definition) is 0. The molecular weight excluding hydrogens is 256 g/mol. The van der Waals surface area contributed by atoms with Gasteiger partial charge in [0.25, 0.3) is 0 Å². The molecule has 0 amide bonds. The average Bonchev–Trinajstić information content (AvgIpc) is 2.73. The Hall–Kier alpha value is -1.47. The summed E-state index contributed by atoms with van der Waals surface area (Å²) in [7, 11) is 2.16. The SMILES string of the molecule is CN1CCCN(c2ncnc(N3CCOCC3)n2)CC1. The van der Waals surface area contributed by atoms with Gasteiger partial charge in [-0.25, -0.2) is 9.97 Å². The van der Waals surface area contributed by atoms with Crippen LogP contribution in [0, 0.1) is 0 Å². The molecule has 7 nitrogen and oxygen atoms in total. The van der Waals surface area contributed by atoms with Crippen molar-refractivity contribution < 1.29 is 4.74 Å². The molecule has 0 bridgehead atoms. The van der Waals surface area contributed by atoms with E-state index in [0.717, 1.165) is 70.8 Å². The van der Waals surface area contributed by atoms with Crippen LogP contribution in [0.5, 0.6) is 0 Å². The topological polar surface area (TPSA) is 57.6 Å². The Morgan fingerprint density at radius 1 is 0.900 bits per heavy atom. The molecule has 1 aromatic heterocycles. The number of likely N-dealkylation sites (N-methyl/N-ethyl adjacent to an activating group) is 1. The first kappa shape index (κ1) is 13.5. The van der Waals surface area contributed by atoms with Gasteiger partial charge in [-0.05, 0) is 20.0 Å². The summed E-state index contributed by atoms with van der Waals surface area (Å²) in [5, 5.41) is 0. The van der Waals surface area contributed by atoms with E-state index >= 15 is 0 Å². The first-order chi connectivity index (χ1) is 9.83. The summed E-state index contributed by atoms with van der Waals surface area (Å²) in [4.78, 5) is 20.1. The zero-order valence-corrected chi connectivity index (χ0v) is 12.0. The fourth-order valence-corrected chi connectivity index (χ4v) is 2.59. The summed E-state index contributed by atoms with van der Waals surface area (Å²) in [6.45, 7) is 7.37. The van der Waals surface area contributed by atoms with Crippen LogP contribution in [0.1, 0.15) is 6.42 Å². The van der Waals surface area contributed by atoms with Gasteiger partial charge in [0, 0.05) is 32.7 Å². The Morgan fingerprint density at radius 3 is 2.35 bits per heavy atom. The van der Waals surface area contributed by atoms with Crippen molar-refractivity contribution in [3.05, 3.63) is 6.33 Å². The van der Waals surface area contributed by atoms with Crippen LogP contribution in [-0.2, 0) is 4.74 Å². The molecule has 2 fully saturated rings. The summed E-state index contributed by atoms with van der Waals surface area (Å²) in [5.41, 5.74) is 0. The molecule has 0 aliphatic carbocycles. The Labute approximate surface area is 119 Å². The van der Waals surface area contributed by atoms with Crippen molar-refractivity contribution in [3.8, 4) is 0 Å². The van der Waals surface area contributed by atoms with Gasteiger partial charge in [0.15, 0.2) is 0 Å². The number of rotatable bonds is 2. The summed E-state index contributed by atoms with van der Waals surface area (Å²) in [6, 6.07) is 0. The van der Waals surface area contributed by atoms with E-state index in [2.05, 4.69) is 36.7 Å². The van der Waals surface area contributed by atoms with Crippen molar-refractivity contribution in [1.29, 1.82) is 0 Å². The minimum atomic E-state index is 0.746. The van der Waals surface area contributed by atoms with Crippen molar-refractivity contribution in [2.45, 2.75) is 6.42 Å². The van der Waals surface area contributed by atoms with Crippen LogP contribution >= 0.6 is 0 Å². The average molecular weight is 278 g/mol. The second-order valence-electron chi connectivity index (χ2n) is 5.33. The first-order valence-electron chi connectivity index (χ1n) is 7.28. The van der Waals surface area contributed by atoms with Crippen molar-refractivity contribution in [1.82, 2.24) is 19.9 Å². The third-order valence-electron chi connectivity index (χ3n) is 3.84. The van der Waals surface area contributed by atoms with Gasteiger partial charge < -0.3 is 19.4 Å². The number of morpholine rings is 1. The lowest BCUT2D eigenvalue weighted by atomic mass is 10.4. The lowest BCUT2D eigenvalue weighted by molar-refractivity contribution is 0.122. The molecule has 2 aliphatic heterocycles. The molecule has 2 aliphatic rings. The number of anilines is 2. The molecule has 1 aromatic rings. The molecule has 0 radical (unpaired) electrons. The molecule has 0 unspecified atom stereocenters. The highest BCUT2D eigenvalue weighted by molar-refractivity contribution is 5.38. The van der Waals surface area contributed by atoms with Gasteiger partial charge in [-0.15, -0.1) is 0 Å². The maximum atomic E-state index is 5.37. The second kappa shape index (κ2) is 6.32. The molecule has 0 aromatic carbocycles. The number of aromatic nitrogens is 3. The van der Waals surface area contributed by atoms with E-state index in [4.69, 9.17) is 4.74 Å². The quantitative estimate of drug-likeness (QED) is 0.745. The standard InChI is InChI=1S/C13H22N6O/c1-17-3-2-4-18(6-5-17)12-14-11-15-13(16-12)19-7-9-20-10-8-19/h11H,2-10H2,1H3. The second-order valence-corrected chi connectivity index (χ2v) is 5.33. The highest BCUT2D eigenvalue weighted by Gasteiger charge is 2.18. The zero-order valence-electron chi connectivity index (χ0n) is 12.0. The highest BCUT2D eigenvalue weighted by atomic mass is 16.5. The third kappa shape index (κ3) is 3.16. The molecule has 0 spiro atoms. The lowest BCUT2D eigenvalue weighted by Crippen LogP contribution is -2.38. The number of ether oxygens (including phenoxy) is 1. The van der Waals surface area contributed by atoms with Gasteiger partial charge in [-0.3, -0.25) is 0 Å². The third-order valence-corrected chi connectivity index (χ3v) is 3.84. The Balaban J connectivity index is 1.72. The number of nitrogens with zero attached hydrogens (tertiary/aromatic N) is 6. The molecule has 3 heterocycles. The smallest absolute Gasteiger partial charge is 0.230 e. The predicted molar refractivity (Wildman–Crippen MR) is 77.2 cm³/mol. The van der Waals surface area contributed by atoms with Crippen molar-refractivity contribution >= 4 is 11.9 Å². The molecule has 7 heteroatoms. The van der Waals surface area contributed by atoms with Crippen LogP contribution in [0.15, 0.2) is 6.33 Å². The van der Waals surface area contributed by atoms with Crippen LogP contribution in [0.2, 0.25) is 0 Å². The minimum Gasteiger partial charge on any atom is -0.378 e. The molecule has 0 N–H and O–H groups in total. The summed E-state index contributed by atoms with van der Waals surface area (Å²) in [6.07, 6.45) is 2.77. The molecule has 0 saturated carbocycles. The minimum absolute atomic E-state index is 0.746. The summed E-state index contributed by atoms with van der Waals surface area (Å²) < 4.78 is 5.37. The van der Waals surface area contributed by atoms with Crippen LogP contribution in [0.4, 0.5) is 11.9 Å². The maximum Gasteiger partial charge on any atom is 0.230 e. The lowest BCUT2D eigenvalue weighted by Gasteiger charge is -2.27. The zero-order chi connectivity index (χ0) is 13.8. The molecule has 20 heavy (non-hydrogen) atoms. The van der Waals surface area contributed by atoms with Crippen LogP contribution in [0.25, 0.3) is 0 Å². The van der Waals surface area contributed by atoms with Gasteiger partial charge in [-0.1, -0.05) is 0 Å². The first-order valence-corrected chi connectivity index (χ1v) is 7.28. The maximum absolute atomic E-state index is 5.37. The van der Waals surface area contributed by atoms with Gasteiger partial charge in [0.1, 0.15) is 6.33 Å². The van der Waals surface area contributed by atoms with E-state index in [9.17, 15) is 0 Å². The Bertz CT molecular complexity index is 437. The number of hydrogen-bond acceptors (Lipinski definition) is 7. The molecule has 110 valence electrons. The fraction of sp³-hybridized carbons (Fsp3) is 0.769. The van der Waals surface area contributed by atoms with Gasteiger partial charge in [0.2, 0.25) is 11.9 Å². The monoisotopic (exact) mass is 278 g/mol. The van der Waals surface area contributed by atoms with E-state index in [0.29, 0.717) is 0 Å². The van der Waals surface area contributed by atoms with E-state index < -0.39 is 0 Å². The normalized spacial score (nSPS) is 21.9. The molecule has 0 atom stereocenters. The van der Waals surface area contributed by atoms with Crippen molar-refractivity contribution in [2.24, 2.45) is 0 Å². The van der Waals surface area contributed by atoms with Gasteiger partial charge >= 0.3 is 0 Å². The summed E-state index contributed by atoms with van der Waals surface area (Å²) >= 11 is 0. The van der Waals surface area contributed by atoms with Crippen LogP contribution in [-0.4, -0.2) is 79.4 Å². The van der Waals surface area contributed by atoms with E-state index in [1.165, 1.54) is 0 Å². The highest BCUT2D eigenvalue weighted by Crippen LogP contribution is 2.15. The fourth-order valence-electron chi connectivity index (χ4n) is 2.59. The molecule has 3 rings (SSSR count). The largest absolute Gasteiger partial charge is 0.378 e. The van der Waals surface area contributed by atoms with Crippen LogP contribution in [0.3, 0.4) is 0 Å². The molecule has 2 saturated heterocycles. The predicted octanol–water partition coefficient (Wildman–Crippen LogP) is -0.150. The van der Waals surface area contributed by atoms with Crippen molar-refractivity contribution in [2.75, 3.05) is 69.3 Å².